The summed E-state index contributed by atoms with van der Waals surface area (Å²) in [5.41, 5.74) is 4.89. The molecule has 0 atom stereocenters. The summed E-state index contributed by atoms with van der Waals surface area (Å²) in [7, 11) is 1.65. The standard InChI is InChI=1S/C25H37N7O/c1-7-8-11-30-12-14-31(15-13-30)19-9-10-20(18(2)16-19)26-22-23(25(3,4)5)29-32-21(17-33-6)27-28-24(22)32/h9-10,16H,7-8,11-15,17H2,1-6H3. The molecule has 178 valence electrons. The lowest BCUT2D eigenvalue weighted by Crippen LogP contribution is -2.46. The molecule has 0 N–H and O–H groups in total. The van der Waals surface area contributed by atoms with E-state index >= 15 is 0 Å². The van der Waals surface area contributed by atoms with Gasteiger partial charge in [0.05, 0.1) is 11.4 Å². The SMILES string of the molecule is CCCCN1CCN(c2ccc(N=C3C(C(C)(C)C)=Nn4c(COC)nnc43)c(C)c2)CC1. The molecule has 0 aliphatic carbocycles. The van der Waals surface area contributed by atoms with Crippen LogP contribution in [0.3, 0.4) is 0 Å². The summed E-state index contributed by atoms with van der Waals surface area (Å²) in [5.74, 6) is 1.36. The van der Waals surface area contributed by atoms with Crippen molar-refractivity contribution in [2.24, 2.45) is 15.5 Å². The van der Waals surface area contributed by atoms with Crippen LogP contribution in [0.5, 0.6) is 0 Å². The molecular weight excluding hydrogens is 414 g/mol. The fourth-order valence-electron chi connectivity index (χ4n) is 4.34. The van der Waals surface area contributed by atoms with Gasteiger partial charge in [-0.3, -0.25) is 4.90 Å². The molecule has 33 heavy (non-hydrogen) atoms. The molecule has 2 aliphatic rings. The molecule has 1 fully saturated rings. The van der Waals surface area contributed by atoms with Gasteiger partial charge in [-0.25, -0.2) is 4.99 Å². The van der Waals surface area contributed by atoms with Crippen LogP contribution >= 0.6 is 0 Å². The summed E-state index contributed by atoms with van der Waals surface area (Å²) in [5, 5.41) is 13.4. The fourth-order valence-corrected chi connectivity index (χ4v) is 4.34. The number of methoxy groups -OCH3 is 1. The number of ether oxygens (including phenoxy) is 1. The van der Waals surface area contributed by atoms with Crippen molar-refractivity contribution < 1.29 is 4.74 Å². The van der Waals surface area contributed by atoms with Gasteiger partial charge in [0.2, 0.25) is 5.82 Å². The summed E-state index contributed by atoms with van der Waals surface area (Å²) in [6.45, 7) is 16.8. The topological polar surface area (TPSA) is 71.1 Å². The third-order valence-corrected chi connectivity index (χ3v) is 6.30. The molecule has 1 aromatic carbocycles. The molecule has 0 bridgehead atoms. The number of aryl methyl sites for hydroxylation is 1. The average molecular weight is 452 g/mol. The minimum Gasteiger partial charge on any atom is -0.377 e. The van der Waals surface area contributed by atoms with Gasteiger partial charge in [-0.2, -0.15) is 9.78 Å². The van der Waals surface area contributed by atoms with Gasteiger partial charge in [0.1, 0.15) is 12.3 Å². The number of piperazine rings is 1. The molecular formula is C25H37N7O. The van der Waals surface area contributed by atoms with E-state index in [0.717, 1.165) is 48.9 Å². The van der Waals surface area contributed by atoms with E-state index in [-0.39, 0.29) is 5.41 Å². The third-order valence-electron chi connectivity index (χ3n) is 6.30. The molecule has 8 nitrogen and oxygen atoms in total. The normalized spacial score (nSPS) is 18.2. The molecule has 8 heteroatoms. The number of hydrogen-bond acceptors (Lipinski definition) is 7. The van der Waals surface area contributed by atoms with Gasteiger partial charge in [-0.05, 0) is 43.7 Å². The Balaban J connectivity index is 1.57. The summed E-state index contributed by atoms with van der Waals surface area (Å²) in [6.07, 6.45) is 2.55. The molecule has 2 aromatic rings. The molecule has 0 unspecified atom stereocenters. The van der Waals surface area contributed by atoms with Gasteiger partial charge in [-0.1, -0.05) is 34.1 Å². The van der Waals surface area contributed by atoms with Gasteiger partial charge in [-0.15, -0.1) is 10.2 Å². The van der Waals surface area contributed by atoms with Gasteiger partial charge in [0.15, 0.2) is 5.82 Å². The lowest BCUT2D eigenvalue weighted by Gasteiger charge is -2.36. The second-order valence-electron chi connectivity index (χ2n) is 10.00. The van der Waals surface area contributed by atoms with Crippen molar-refractivity contribution in [3.8, 4) is 0 Å². The zero-order valence-corrected chi connectivity index (χ0v) is 20.9. The highest BCUT2D eigenvalue weighted by atomic mass is 16.5. The lowest BCUT2D eigenvalue weighted by atomic mass is 9.87. The van der Waals surface area contributed by atoms with E-state index in [1.807, 2.05) is 0 Å². The van der Waals surface area contributed by atoms with Crippen LogP contribution in [0.1, 0.15) is 57.7 Å². The van der Waals surface area contributed by atoms with Crippen molar-refractivity contribution >= 4 is 22.8 Å². The van der Waals surface area contributed by atoms with Crippen molar-refractivity contribution in [3.05, 3.63) is 35.4 Å². The number of benzene rings is 1. The maximum atomic E-state index is 5.26. The van der Waals surface area contributed by atoms with Crippen LogP contribution in [0.2, 0.25) is 0 Å². The second kappa shape index (κ2) is 9.73. The van der Waals surface area contributed by atoms with E-state index in [1.54, 1.807) is 11.8 Å². The van der Waals surface area contributed by atoms with Gasteiger partial charge >= 0.3 is 0 Å². The van der Waals surface area contributed by atoms with Crippen molar-refractivity contribution in [3.63, 3.8) is 0 Å². The van der Waals surface area contributed by atoms with Crippen molar-refractivity contribution in [1.82, 2.24) is 19.8 Å². The zero-order chi connectivity index (χ0) is 23.6. The summed E-state index contributed by atoms with van der Waals surface area (Å²) in [4.78, 5) is 10.1. The maximum absolute atomic E-state index is 5.26. The predicted molar refractivity (Wildman–Crippen MR) is 134 cm³/mol. The number of anilines is 1. The van der Waals surface area contributed by atoms with Crippen LogP contribution in [-0.4, -0.2) is 71.0 Å². The number of fused-ring (bicyclic) bond motifs is 1. The van der Waals surface area contributed by atoms with E-state index in [9.17, 15) is 0 Å². The molecule has 3 heterocycles. The number of rotatable bonds is 7. The third kappa shape index (κ3) is 5.01. The Morgan fingerprint density at radius 1 is 1.09 bits per heavy atom. The molecule has 1 saturated heterocycles. The van der Waals surface area contributed by atoms with Crippen molar-refractivity contribution in [2.45, 2.75) is 54.1 Å². The van der Waals surface area contributed by atoms with E-state index in [2.05, 4.69) is 72.8 Å². The summed E-state index contributed by atoms with van der Waals surface area (Å²) in [6, 6.07) is 6.57. The van der Waals surface area contributed by atoms with Crippen molar-refractivity contribution in [2.75, 3.05) is 44.7 Å². The summed E-state index contributed by atoms with van der Waals surface area (Å²) < 4.78 is 7.03. The van der Waals surface area contributed by atoms with Gasteiger partial charge < -0.3 is 9.64 Å². The summed E-state index contributed by atoms with van der Waals surface area (Å²) >= 11 is 0. The smallest absolute Gasteiger partial charge is 0.205 e. The van der Waals surface area contributed by atoms with Crippen LogP contribution in [0, 0.1) is 12.3 Å². The number of aliphatic imine (C=N–C) groups is 1. The number of hydrogen-bond donors (Lipinski definition) is 0. The molecule has 0 radical (unpaired) electrons. The Morgan fingerprint density at radius 2 is 1.85 bits per heavy atom. The predicted octanol–water partition coefficient (Wildman–Crippen LogP) is 4.04. The van der Waals surface area contributed by atoms with Gasteiger partial charge in [0.25, 0.3) is 0 Å². The van der Waals surface area contributed by atoms with Crippen LogP contribution in [0.15, 0.2) is 28.3 Å². The Morgan fingerprint density at radius 3 is 2.48 bits per heavy atom. The minimum absolute atomic E-state index is 0.171. The van der Waals surface area contributed by atoms with Crippen LogP contribution in [-0.2, 0) is 11.3 Å². The number of nitrogens with zero attached hydrogens (tertiary/aromatic N) is 7. The number of aromatic nitrogens is 3. The largest absolute Gasteiger partial charge is 0.377 e. The van der Waals surface area contributed by atoms with Crippen LogP contribution < -0.4 is 4.90 Å². The fraction of sp³-hybridized carbons (Fsp3) is 0.600. The van der Waals surface area contributed by atoms with E-state index in [0.29, 0.717) is 18.3 Å². The van der Waals surface area contributed by atoms with Crippen LogP contribution in [0.4, 0.5) is 11.4 Å². The molecule has 0 saturated carbocycles. The first-order valence-electron chi connectivity index (χ1n) is 12.0. The highest BCUT2D eigenvalue weighted by Gasteiger charge is 2.35. The van der Waals surface area contributed by atoms with Gasteiger partial charge in [0, 0.05) is 44.4 Å². The Bertz CT molecular complexity index is 1040. The monoisotopic (exact) mass is 451 g/mol. The molecule has 4 rings (SSSR count). The Kier molecular flexibility index (Phi) is 6.95. The molecule has 1 aromatic heterocycles. The quantitative estimate of drug-likeness (QED) is 0.635. The number of unbranched alkanes of at least 4 members (excludes halogenated alkanes) is 1. The maximum Gasteiger partial charge on any atom is 0.205 e. The molecule has 0 amide bonds. The minimum atomic E-state index is -0.171. The van der Waals surface area contributed by atoms with Crippen LogP contribution in [0.25, 0.3) is 0 Å². The first-order chi connectivity index (χ1) is 15.8. The van der Waals surface area contributed by atoms with Crippen molar-refractivity contribution in [1.29, 1.82) is 0 Å². The highest BCUT2D eigenvalue weighted by Crippen LogP contribution is 2.30. The Hall–Kier alpha value is -2.58. The average Bonchev–Trinajstić information content (AvgIpc) is 3.35. The molecule has 0 spiro atoms. The van der Waals surface area contributed by atoms with E-state index < -0.39 is 0 Å². The highest BCUT2D eigenvalue weighted by molar-refractivity contribution is 6.50. The second-order valence-corrected chi connectivity index (χ2v) is 10.00. The first kappa shape index (κ1) is 23.6. The molecule has 2 aliphatic heterocycles. The zero-order valence-electron chi connectivity index (χ0n) is 20.9. The first-order valence-corrected chi connectivity index (χ1v) is 12.0. The van der Waals surface area contributed by atoms with E-state index in [1.165, 1.54) is 25.1 Å². The Labute approximate surface area is 197 Å². The lowest BCUT2D eigenvalue weighted by molar-refractivity contribution is 0.175. The van der Waals surface area contributed by atoms with E-state index in [4.69, 9.17) is 14.8 Å².